The van der Waals surface area contributed by atoms with Gasteiger partial charge in [-0.05, 0) is 29.3 Å². The van der Waals surface area contributed by atoms with Gasteiger partial charge in [0.05, 0.1) is 31.8 Å². The Balaban J connectivity index is 1.79. The molecular weight excluding hydrogens is 432 g/mol. The minimum Gasteiger partial charge on any atom is -0.476 e. The number of hydrogen-bond donors (Lipinski definition) is 1. The molecule has 0 saturated heterocycles. The molecule has 11 nitrogen and oxygen atoms in total. The molecule has 1 aromatic carbocycles. The molecule has 1 aliphatic heterocycles. The number of aryl methyl sites for hydroxylation is 1. The Morgan fingerprint density at radius 2 is 1.76 bits per heavy atom. The lowest BCUT2D eigenvalue weighted by Crippen LogP contribution is -2.38. The van der Waals surface area contributed by atoms with Gasteiger partial charge >= 0.3 is 17.9 Å². The Bertz CT molecular complexity index is 1290. The molecule has 0 bridgehead atoms. The van der Waals surface area contributed by atoms with E-state index in [4.69, 9.17) is 14.2 Å². The number of rotatable bonds is 5. The molecule has 0 radical (unpaired) electrons. The third-order valence-electron chi connectivity index (χ3n) is 5.25. The first-order chi connectivity index (χ1) is 15.9. The first kappa shape index (κ1) is 22.0. The highest BCUT2D eigenvalue weighted by Gasteiger charge is 2.32. The summed E-state index contributed by atoms with van der Waals surface area (Å²) in [4.78, 5) is 42.1. The van der Waals surface area contributed by atoms with Crippen LogP contribution in [0.4, 0.5) is 5.69 Å². The minimum absolute atomic E-state index is 0.0234. The first-order valence-electron chi connectivity index (χ1n) is 9.77. The standard InChI is InChI=1S/C22H20N4O7/c1-25-19-16(17(24-25)20(27)28)14(8-9-23-19)12-4-6-13(7-5-12)26-11-33-10-15(21(29)31-2)18(26)22(30)32-3/h4-9H,10-11H2,1-3H3,(H,27,28). The third kappa shape index (κ3) is 3.78. The number of carbonyl (C=O) groups is 3. The Morgan fingerprint density at radius 1 is 1.06 bits per heavy atom. The molecule has 0 atom stereocenters. The van der Waals surface area contributed by atoms with E-state index in [1.807, 2.05) is 0 Å². The van der Waals surface area contributed by atoms with Crippen LogP contribution in [0.25, 0.3) is 22.2 Å². The highest BCUT2D eigenvalue weighted by Crippen LogP contribution is 2.33. The number of esters is 2. The van der Waals surface area contributed by atoms with Crippen LogP contribution in [0, 0.1) is 0 Å². The number of ether oxygens (including phenoxy) is 3. The van der Waals surface area contributed by atoms with Crippen molar-refractivity contribution in [3.63, 3.8) is 0 Å². The predicted molar refractivity (Wildman–Crippen MR) is 115 cm³/mol. The Hall–Kier alpha value is -4.25. The van der Waals surface area contributed by atoms with Crippen LogP contribution in [0.15, 0.2) is 47.8 Å². The molecular formula is C22H20N4O7. The lowest BCUT2D eigenvalue weighted by Gasteiger charge is -2.31. The van der Waals surface area contributed by atoms with Crippen molar-refractivity contribution in [2.24, 2.45) is 7.05 Å². The molecule has 0 unspecified atom stereocenters. The Kier molecular flexibility index (Phi) is 5.80. The van der Waals surface area contributed by atoms with E-state index >= 15 is 0 Å². The molecule has 11 heteroatoms. The number of aromatic carboxylic acids is 1. The number of methoxy groups -OCH3 is 2. The Labute approximate surface area is 187 Å². The van der Waals surface area contributed by atoms with Crippen molar-refractivity contribution in [2.75, 3.05) is 32.5 Å². The van der Waals surface area contributed by atoms with E-state index < -0.39 is 17.9 Å². The van der Waals surface area contributed by atoms with E-state index in [0.29, 0.717) is 22.3 Å². The monoisotopic (exact) mass is 452 g/mol. The van der Waals surface area contributed by atoms with Gasteiger partial charge in [-0.3, -0.25) is 0 Å². The van der Waals surface area contributed by atoms with Gasteiger partial charge in [-0.15, -0.1) is 0 Å². The average molecular weight is 452 g/mol. The quantitative estimate of drug-likeness (QED) is 0.571. The van der Waals surface area contributed by atoms with E-state index in [-0.39, 0.29) is 30.3 Å². The van der Waals surface area contributed by atoms with Crippen molar-refractivity contribution < 1.29 is 33.7 Å². The predicted octanol–water partition coefficient (Wildman–Crippen LogP) is 1.73. The summed E-state index contributed by atoms with van der Waals surface area (Å²) in [5, 5.41) is 14.1. The third-order valence-corrected chi connectivity index (χ3v) is 5.25. The number of fused-ring (bicyclic) bond motifs is 1. The zero-order valence-corrected chi connectivity index (χ0v) is 18.1. The van der Waals surface area contributed by atoms with Gasteiger partial charge in [0.2, 0.25) is 0 Å². The van der Waals surface area contributed by atoms with E-state index in [1.165, 1.54) is 23.8 Å². The van der Waals surface area contributed by atoms with Crippen molar-refractivity contribution in [1.29, 1.82) is 0 Å². The maximum Gasteiger partial charge on any atom is 0.357 e. The summed E-state index contributed by atoms with van der Waals surface area (Å²) >= 11 is 0. The van der Waals surface area contributed by atoms with E-state index in [0.717, 1.165) is 5.56 Å². The number of carbonyl (C=O) groups excluding carboxylic acids is 2. The van der Waals surface area contributed by atoms with Crippen LogP contribution in [0.5, 0.6) is 0 Å². The fraction of sp³-hybridized carbons (Fsp3) is 0.227. The maximum atomic E-state index is 12.5. The van der Waals surface area contributed by atoms with Crippen molar-refractivity contribution in [1.82, 2.24) is 14.8 Å². The summed E-state index contributed by atoms with van der Waals surface area (Å²) in [5.74, 6) is -2.53. The second-order valence-corrected chi connectivity index (χ2v) is 7.10. The number of hydrogen-bond acceptors (Lipinski definition) is 9. The second-order valence-electron chi connectivity index (χ2n) is 7.10. The van der Waals surface area contributed by atoms with E-state index in [9.17, 15) is 19.5 Å². The highest BCUT2D eigenvalue weighted by molar-refractivity contribution is 6.07. The normalized spacial score (nSPS) is 13.8. The van der Waals surface area contributed by atoms with Crippen LogP contribution in [0.2, 0.25) is 0 Å². The van der Waals surface area contributed by atoms with Crippen LogP contribution < -0.4 is 4.90 Å². The molecule has 4 rings (SSSR count). The van der Waals surface area contributed by atoms with Crippen LogP contribution in [-0.4, -0.2) is 65.3 Å². The van der Waals surface area contributed by atoms with Crippen LogP contribution in [0.1, 0.15) is 10.5 Å². The first-order valence-corrected chi connectivity index (χ1v) is 9.77. The number of anilines is 1. The number of carboxylic acids is 1. The summed E-state index contributed by atoms with van der Waals surface area (Å²) in [5.41, 5.74) is 2.37. The molecule has 0 amide bonds. The number of nitrogens with zero attached hydrogens (tertiary/aromatic N) is 4. The molecule has 3 aromatic rings. The smallest absolute Gasteiger partial charge is 0.357 e. The zero-order valence-electron chi connectivity index (χ0n) is 18.1. The van der Waals surface area contributed by atoms with Gasteiger partial charge in [-0.25, -0.2) is 24.0 Å². The summed E-state index contributed by atoms with van der Waals surface area (Å²) < 4.78 is 16.6. The largest absolute Gasteiger partial charge is 0.476 e. The van der Waals surface area contributed by atoms with Crippen LogP contribution in [0.3, 0.4) is 0 Å². The van der Waals surface area contributed by atoms with Crippen LogP contribution in [-0.2, 0) is 30.8 Å². The number of benzene rings is 1. The molecule has 1 N–H and O–H groups in total. The molecule has 0 aliphatic carbocycles. The fourth-order valence-corrected chi connectivity index (χ4v) is 3.74. The van der Waals surface area contributed by atoms with Gasteiger partial charge < -0.3 is 24.2 Å². The molecule has 0 spiro atoms. The van der Waals surface area contributed by atoms with Crippen molar-refractivity contribution in [3.8, 4) is 11.1 Å². The van der Waals surface area contributed by atoms with Crippen molar-refractivity contribution in [2.45, 2.75) is 0 Å². The van der Waals surface area contributed by atoms with Crippen molar-refractivity contribution >= 4 is 34.6 Å². The molecule has 33 heavy (non-hydrogen) atoms. The van der Waals surface area contributed by atoms with Gasteiger partial charge in [0, 0.05) is 18.9 Å². The lowest BCUT2D eigenvalue weighted by molar-refractivity contribution is -0.140. The second kappa shape index (κ2) is 8.71. The molecule has 170 valence electrons. The maximum absolute atomic E-state index is 12.5. The molecule has 0 saturated carbocycles. The molecule has 0 fully saturated rings. The van der Waals surface area contributed by atoms with Gasteiger partial charge in [-0.1, -0.05) is 12.1 Å². The Morgan fingerprint density at radius 3 is 2.39 bits per heavy atom. The molecule has 2 aromatic heterocycles. The summed E-state index contributed by atoms with van der Waals surface area (Å²) in [6, 6.07) is 8.70. The van der Waals surface area contributed by atoms with Crippen LogP contribution >= 0.6 is 0 Å². The summed E-state index contributed by atoms with van der Waals surface area (Å²) in [6.07, 6.45) is 1.58. The lowest BCUT2D eigenvalue weighted by atomic mass is 10.0. The average Bonchev–Trinajstić information content (AvgIpc) is 3.19. The van der Waals surface area contributed by atoms with E-state index in [2.05, 4.69) is 10.1 Å². The summed E-state index contributed by atoms with van der Waals surface area (Å²) in [7, 11) is 4.07. The summed E-state index contributed by atoms with van der Waals surface area (Å²) in [6.45, 7) is -0.0603. The van der Waals surface area contributed by atoms with Gasteiger partial charge in [0.1, 0.15) is 12.4 Å². The fourth-order valence-electron chi connectivity index (χ4n) is 3.74. The van der Waals surface area contributed by atoms with Crippen molar-refractivity contribution in [3.05, 3.63) is 53.5 Å². The number of carboxylic acid groups (broad SMARTS) is 1. The van der Waals surface area contributed by atoms with Gasteiger partial charge in [0.25, 0.3) is 0 Å². The topological polar surface area (TPSA) is 133 Å². The molecule has 1 aliphatic rings. The highest BCUT2D eigenvalue weighted by atomic mass is 16.5. The number of aromatic nitrogens is 3. The minimum atomic E-state index is -1.15. The van der Waals surface area contributed by atoms with Gasteiger partial charge in [-0.2, -0.15) is 5.10 Å². The van der Waals surface area contributed by atoms with Gasteiger partial charge in [0.15, 0.2) is 11.3 Å². The molecule has 3 heterocycles. The zero-order chi connectivity index (χ0) is 23.7. The van der Waals surface area contributed by atoms with E-state index in [1.54, 1.807) is 43.6 Å². The number of pyridine rings is 1. The SMILES string of the molecule is COC(=O)C1=C(C(=O)OC)N(c2ccc(-c3ccnc4c3c(C(=O)O)nn4C)cc2)COC1.